The molecule has 0 saturated carbocycles. The van der Waals surface area contributed by atoms with Crippen molar-refractivity contribution in [2.45, 2.75) is 25.8 Å². The summed E-state index contributed by atoms with van der Waals surface area (Å²) in [4.78, 5) is 12.8. The molecule has 1 N–H and O–H groups in total. The van der Waals surface area contributed by atoms with Gasteiger partial charge in [0.2, 0.25) is 0 Å². The van der Waals surface area contributed by atoms with Gasteiger partial charge in [-0.1, -0.05) is 0 Å². The van der Waals surface area contributed by atoms with Crippen molar-refractivity contribution in [3.63, 3.8) is 0 Å². The lowest BCUT2D eigenvalue weighted by Gasteiger charge is -2.34. The van der Waals surface area contributed by atoms with E-state index in [1.165, 1.54) is 0 Å². The minimum absolute atomic E-state index is 0.366. The van der Waals surface area contributed by atoms with E-state index in [1.807, 2.05) is 4.90 Å². The molecule has 1 aliphatic heterocycles. The lowest BCUT2D eigenvalue weighted by atomic mass is 9.98. The summed E-state index contributed by atoms with van der Waals surface area (Å²) in [5.74, 6) is -0.237. The Morgan fingerprint density at radius 2 is 2.43 bits per heavy atom. The first-order chi connectivity index (χ1) is 6.65. The van der Waals surface area contributed by atoms with Crippen LogP contribution in [-0.4, -0.2) is 48.8 Å². The van der Waals surface area contributed by atoms with Gasteiger partial charge < -0.3 is 9.84 Å². The van der Waals surface area contributed by atoms with Crippen LogP contribution in [0.4, 0.5) is 0 Å². The van der Waals surface area contributed by atoms with Crippen LogP contribution in [0.25, 0.3) is 0 Å². The van der Waals surface area contributed by atoms with Gasteiger partial charge in [0.1, 0.15) is 6.04 Å². The molecule has 1 fully saturated rings. The Labute approximate surface area is 84.8 Å². The van der Waals surface area contributed by atoms with Gasteiger partial charge in [-0.2, -0.15) is 0 Å². The van der Waals surface area contributed by atoms with Crippen LogP contribution in [0.1, 0.15) is 19.8 Å². The predicted molar refractivity (Wildman–Crippen MR) is 53.3 cm³/mol. The van der Waals surface area contributed by atoms with Crippen molar-refractivity contribution in [2.24, 2.45) is 5.92 Å². The summed E-state index contributed by atoms with van der Waals surface area (Å²) in [5.41, 5.74) is 0. The summed E-state index contributed by atoms with van der Waals surface area (Å²) >= 11 is 0. The van der Waals surface area contributed by atoms with E-state index in [-0.39, 0.29) is 6.04 Å². The number of likely N-dealkylation sites (tertiary alicyclic amines) is 1. The molecule has 0 aromatic rings. The van der Waals surface area contributed by atoms with Crippen LogP contribution in [0, 0.1) is 5.92 Å². The lowest BCUT2D eigenvalue weighted by Crippen LogP contribution is -2.45. The van der Waals surface area contributed by atoms with Crippen molar-refractivity contribution in [1.82, 2.24) is 4.90 Å². The van der Waals surface area contributed by atoms with Crippen molar-refractivity contribution in [3.05, 3.63) is 0 Å². The standard InChI is InChI=1S/C10H19NO3/c1-8(10(12)13)11-5-3-4-9(6-11)7-14-2/h8-9H,3-7H2,1-2H3,(H,12,13)/t8-,9-/m1/s1. The molecule has 0 spiro atoms. The van der Waals surface area contributed by atoms with Gasteiger partial charge in [-0.05, 0) is 32.2 Å². The molecular formula is C10H19NO3. The van der Waals surface area contributed by atoms with E-state index in [0.717, 1.165) is 32.5 Å². The largest absolute Gasteiger partial charge is 0.480 e. The van der Waals surface area contributed by atoms with Crippen molar-refractivity contribution in [3.8, 4) is 0 Å². The second kappa shape index (κ2) is 5.32. The smallest absolute Gasteiger partial charge is 0.320 e. The van der Waals surface area contributed by atoms with E-state index in [9.17, 15) is 4.79 Å². The van der Waals surface area contributed by atoms with Crippen molar-refractivity contribution >= 4 is 5.97 Å². The van der Waals surface area contributed by atoms with E-state index < -0.39 is 5.97 Å². The third-order valence-electron chi connectivity index (χ3n) is 2.86. The number of ether oxygens (including phenoxy) is 1. The molecule has 2 atom stereocenters. The second-order valence-corrected chi connectivity index (χ2v) is 3.97. The fourth-order valence-corrected chi connectivity index (χ4v) is 1.98. The molecule has 0 aromatic heterocycles. The highest BCUT2D eigenvalue weighted by atomic mass is 16.5. The monoisotopic (exact) mass is 201 g/mol. The highest BCUT2D eigenvalue weighted by Gasteiger charge is 2.26. The summed E-state index contributed by atoms with van der Waals surface area (Å²) in [7, 11) is 1.69. The minimum atomic E-state index is -0.733. The van der Waals surface area contributed by atoms with Gasteiger partial charge in [0.15, 0.2) is 0 Å². The molecule has 0 aromatic carbocycles. The summed E-state index contributed by atoms with van der Waals surface area (Å²) in [6.45, 7) is 4.23. The molecule has 0 amide bonds. The van der Waals surface area contributed by atoms with Crippen LogP contribution in [0.2, 0.25) is 0 Å². The van der Waals surface area contributed by atoms with Crippen LogP contribution in [0.15, 0.2) is 0 Å². The zero-order valence-corrected chi connectivity index (χ0v) is 8.90. The number of carboxylic acids is 1. The number of aliphatic carboxylic acids is 1. The fourth-order valence-electron chi connectivity index (χ4n) is 1.98. The number of methoxy groups -OCH3 is 1. The molecule has 14 heavy (non-hydrogen) atoms. The molecular weight excluding hydrogens is 182 g/mol. The molecule has 82 valence electrons. The zero-order valence-electron chi connectivity index (χ0n) is 8.90. The average molecular weight is 201 g/mol. The maximum Gasteiger partial charge on any atom is 0.320 e. The molecule has 0 aliphatic carbocycles. The normalized spacial score (nSPS) is 26.0. The lowest BCUT2D eigenvalue weighted by molar-refractivity contribution is -0.143. The van der Waals surface area contributed by atoms with Gasteiger partial charge in [-0.25, -0.2) is 0 Å². The Hall–Kier alpha value is -0.610. The Morgan fingerprint density at radius 3 is 3.00 bits per heavy atom. The van der Waals surface area contributed by atoms with Crippen LogP contribution in [0.5, 0.6) is 0 Å². The Kier molecular flexibility index (Phi) is 4.35. The third-order valence-corrected chi connectivity index (χ3v) is 2.86. The van der Waals surface area contributed by atoms with Crippen LogP contribution in [-0.2, 0) is 9.53 Å². The number of rotatable bonds is 4. The number of hydrogen-bond donors (Lipinski definition) is 1. The van der Waals surface area contributed by atoms with Gasteiger partial charge in [0.25, 0.3) is 0 Å². The minimum Gasteiger partial charge on any atom is -0.480 e. The number of carboxylic acid groups (broad SMARTS) is 1. The Bertz CT molecular complexity index is 194. The van der Waals surface area contributed by atoms with Crippen molar-refractivity contribution in [2.75, 3.05) is 26.8 Å². The van der Waals surface area contributed by atoms with Gasteiger partial charge in [-0.3, -0.25) is 9.69 Å². The zero-order chi connectivity index (χ0) is 10.6. The highest BCUT2D eigenvalue weighted by Crippen LogP contribution is 2.18. The van der Waals surface area contributed by atoms with Crippen LogP contribution < -0.4 is 0 Å². The summed E-state index contributed by atoms with van der Waals surface area (Å²) in [5, 5.41) is 8.88. The van der Waals surface area contributed by atoms with E-state index in [1.54, 1.807) is 14.0 Å². The Balaban J connectivity index is 2.43. The molecule has 1 saturated heterocycles. The topological polar surface area (TPSA) is 49.8 Å². The van der Waals surface area contributed by atoms with Gasteiger partial charge >= 0.3 is 5.97 Å². The van der Waals surface area contributed by atoms with Gasteiger partial charge in [0, 0.05) is 13.7 Å². The first-order valence-corrected chi connectivity index (χ1v) is 5.11. The average Bonchev–Trinajstić information content (AvgIpc) is 2.17. The molecule has 1 heterocycles. The molecule has 0 radical (unpaired) electrons. The first kappa shape index (κ1) is 11.5. The number of piperidine rings is 1. The molecule has 0 bridgehead atoms. The van der Waals surface area contributed by atoms with Crippen molar-refractivity contribution < 1.29 is 14.6 Å². The highest BCUT2D eigenvalue weighted by molar-refractivity contribution is 5.72. The molecule has 4 heteroatoms. The SMILES string of the molecule is COC[C@@H]1CCCN([C@H](C)C(=O)O)C1. The Morgan fingerprint density at radius 1 is 1.71 bits per heavy atom. The van der Waals surface area contributed by atoms with E-state index in [2.05, 4.69) is 0 Å². The predicted octanol–water partition coefficient (Wildman–Crippen LogP) is 0.818. The quantitative estimate of drug-likeness (QED) is 0.731. The number of hydrogen-bond acceptors (Lipinski definition) is 3. The van der Waals surface area contributed by atoms with Gasteiger partial charge in [0.05, 0.1) is 6.61 Å². The molecule has 0 unspecified atom stereocenters. The first-order valence-electron chi connectivity index (χ1n) is 5.11. The van der Waals surface area contributed by atoms with Gasteiger partial charge in [-0.15, -0.1) is 0 Å². The van der Waals surface area contributed by atoms with E-state index >= 15 is 0 Å². The fraction of sp³-hybridized carbons (Fsp3) is 0.900. The summed E-state index contributed by atoms with van der Waals surface area (Å²) in [6.07, 6.45) is 2.22. The summed E-state index contributed by atoms with van der Waals surface area (Å²) < 4.78 is 5.10. The maximum atomic E-state index is 10.8. The summed E-state index contributed by atoms with van der Waals surface area (Å²) in [6, 6.07) is -0.366. The molecule has 1 rings (SSSR count). The third kappa shape index (κ3) is 2.96. The van der Waals surface area contributed by atoms with E-state index in [0.29, 0.717) is 5.92 Å². The van der Waals surface area contributed by atoms with Crippen LogP contribution in [0.3, 0.4) is 0 Å². The van der Waals surface area contributed by atoms with Crippen LogP contribution >= 0.6 is 0 Å². The number of nitrogens with zero attached hydrogens (tertiary/aromatic N) is 1. The second-order valence-electron chi connectivity index (χ2n) is 3.97. The van der Waals surface area contributed by atoms with E-state index in [4.69, 9.17) is 9.84 Å². The molecule has 4 nitrogen and oxygen atoms in total. The number of carbonyl (C=O) groups is 1. The maximum absolute atomic E-state index is 10.8. The molecule has 1 aliphatic rings. The van der Waals surface area contributed by atoms with Crippen molar-refractivity contribution in [1.29, 1.82) is 0 Å².